The van der Waals surface area contributed by atoms with Crippen molar-refractivity contribution >= 4 is 5.69 Å². The molecular formula is C29H37N5O. The van der Waals surface area contributed by atoms with Gasteiger partial charge in [0.25, 0.3) is 0 Å². The average molecular weight is 472 g/mol. The Kier molecular flexibility index (Phi) is 6.33. The van der Waals surface area contributed by atoms with Gasteiger partial charge in [-0.25, -0.2) is 4.68 Å². The molecule has 6 nitrogen and oxygen atoms in total. The zero-order chi connectivity index (χ0) is 23.7. The van der Waals surface area contributed by atoms with E-state index in [2.05, 4.69) is 81.8 Å². The quantitative estimate of drug-likeness (QED) is 0.510. The maximum atomic E-state index is 5.87. The first-order valence-electron chi connectivity index (χ1n) is 13.3. The molecule has 6 heteroatoms. The molecule has 2 aromatic carbocycles. The van der Waals surface area contributed by atoms with E-state index in [4.69, 9.17) is 4.74 Å². The molecule has 1 spiro atoms. The zero-order valence-electron chi connectivity index (χ0n) is 20.9. The third-order valence-corrected chi connectivity index (χ3v) is 8.25. The van der Waals surface area contributed by atoms with Crippen LogP contribution in [0.2, 0.25) is 0 Å². The third kappa shape index (κ3) is 5.00. The lowest BCUT2D eigenvalue weighted by Crippen LogP contribution is -2.59. The maximum Gasteiger partial charge on any atom is 0.113 e. The predicted molar refractivity (Wildman–Crippen MR) is 139 cm³/mol. The summed E-state index contributed by atoms with van der Waals surface area (Å²) in [6, 6.07) is 17.7. The van der Waals surface area contributed by atoms with Crippen LogP contribution in [0.1, 0.15) is 43.2 Å². The van der Waals surface area contributed by atoms with Crippen molar-refractivity contribution in [1.82, 2.24) is 19.9 Å². The lowest BCUT2D eigenvalue weighted by Gasteiger charge is -2.54. The van der Waals surface area contributed by atoms with Gasteiger partial charge in [-0.3, -0.25) is 4.90 Å². The molecule has 3 aromatic rings. The second kappa shape index (κ2) is 9.75. The number of rotatable bonds is 6. The van der Waals surface area contributed by atoms with Crippen molar-refractivity contribution in [3.8, 4) is 11.3 Å². The molecule has 0 amide bonds. The van der Waals surface area contributed by atoms with Gasteiger partial charge in [0.1, 0.15) is 5.69 Å². The lowest BCUT2D eigenvalue weighted by atomic mass is 9.71. The molecule has 6 rings (SSSR count). The number of anilines is 1. The number of likely N-dealkylation sites (tertiary alicyclic amines) is 1. The SMILES string of the molecule is Cc1cc(N2CCC3(CC2)CN(Cc2ccccc2)C3)ccc1-c1cn(CC2CCCCO2)nn1. The van der Waals surface area contributed by atoms with E-state index >= 15 is 0 Å². The topological polar surface area (TPSA) is 46.4 Å². The number of aryl methyl sites for hydroxylation is 1. The number of benzene rings is 2. The Morgan fingerprint density at radius 3 is 2.60 bits per heavy atom. The van der Waals surface area contributed by atoms with Crippen LogP contribution in [0.4, 0.5) is 5.69 Å². The van der Waals surface area contributed by atoms with Crippen molar-refractivity contribution in [3.05, 3.63) is 65.9 Å². The molecule has 0 radical (unpaired) electrons. The van der Waals surface area contributed by atoms with Crippen LogP contribution in [-0.4, -0.2) is 58.8 Å². The Morgan fingerprint density at radius 2 is 1.86 bits per heavy atom. The highest BCUT2D eigenvalue weighted by molar-refractivity contribution is 5.67. The predicted octanol–water partition coefficient (Wildman–Crippen LogP) is 4.93. The van der Waals surface area contributed by atoms with E-state index in [0.29, 0.717) is 5.41 Å². The summed E-state index contributed by atoms with van der Waals surface area (Å²) in [6.45, 7) is 9.74. The highest BCUT2D eigenvalue weighted by atomic mass is 16.5. The van der Waals surface area contributed by atoms with E-state index in [-0.39, 0.29) is 6.10 Å². The third-order valence-electron chi connectivity index (χ3n) is 8.25. The molecule has 1 atom stereocenters. The standard InChI is InChI=1S/C29H37N5O/c1-23-17-25(10-11-27(23)28-20-34(31-30-28)19-26-9-5-6-16-35-26)33-14-12-29(13-15-33)21-32(22-29)18-24-7-3-2-4-8-24/h2-4,7-8,10-11,17,20,26H,5-6,9,12-16,18-19,21-22H2,1H3. The largest absolute Gasteiger partial charge is 0.376 e. The van der Waals surface area contributed by atoms with Crippen LogP contribution in [0.25, 0.3) is 11.3 Å². The highest BCUT2D eigenvalue weighted by Crippen LogP contribution is 2.42. The Bertz CT molecular complexity index is 1120. The molecule has 0 aliphatic carbocycles. The summed E-state index contributed by atoms with van der Waals surface area (Å²) in [4.78, 5) is 5.18. The molecular weight excluding hydrogens is 434 g/mol. The summed E-state index contributed by atoms with van der Waals surface area (Å²) >= 11 is 0. The smallest absolute Gasteiger partial charge is 0.113 e. The minimum Gasteiger partial charge on any atom is -0.376 e. The van der Waals surface area contributed by atoms with Crippen LogP contribution in [0, 0.1) is 12.3 Å². The molecule has 0 saturated carbocycles. The van der Waals surface area contributed by atoms with Crippen LogP contribution < -0.4 is 4.90 Å². The Labute approximate surface area is 208 Å². The fourth-order valence-electron chi connectivity index (χ4n) is 6.21. The van der Waals surface area contributed by atoms with Gasteiger partial charge < -0.3 is 9.64 Å². The minimum atomic E-state index is 0.269. The van der Waals surface area contributed by atoms with Crippen molar-refractivity contribution in [2.75, 3.05) is 37.7 Å². The van der Waals surface area contributed by atoms with Gasteiger partial charge in [0.2, 0.25) is 0 Å². The second-order valence-corrected chi connectivity index (χ2v) is 10.9. The van der Waals surface area contributed by atoms with E-state index in [0.717, 1.165) is 44.9 Å². The fourth-order valence-corrected chi connectivity index (χ4v) is 6.21. The minimum absolute atomic E-state index is 0.269. The van der Waals surface area contributed by atoms with E-state index in [1.165, 1.54) is 61.2 Å². The number of hydrogen-bond donors (Lipinski definition) is 0. The summed E-state index contributed by atoms with van der Waals surface area (Å²) in [7, 11) is 0. The van der Waals surface area contributed by atoms with Crippen LogP contribution in [-0.2, 0) is 17.8 Å². The van der Waals surface area contributed by atoms with Crippen LogP contribution in [0.3, 0.4) is 0 Å². The number of ether oxygens (including phenoxy) is 1. The number of aromatic nitrogens is 3. The molecule has 3 aliphatic heterocycles. The maximum absolute atomic E-state index is 5.87. The van der Waals surface area contributed by atoms with Gasteiger partial charge in [-0.1, -0.05) is 41.6 Å². The molecule has 0 bridgehead atoms. The van der Waals surface area contributed by atoms with Crippen molar-refractivity contribution in [2.45, 2.75) is 58.2 Å². The molecule has 1 aromatic heterocycles. The molecule has 4 heterocycles. The molecule has 35 heavy (non-hydrogen) atoms. The lowest BCUT2D eigenvalue weighted by molar-refractivity contribution is -0.0240. The highest BCUT2D eigenvalue weighted by Gasteiger charge is 2.44. The van der Waals surface area contributed by atoms with Crippen molar-refractivity contribution < 1.29 is 4.74 Å². The number of piperidine rings is 1. The van der Waals surface area contributed by atoms with Crippen molar-refractivity contribution in [3.63, 3.8) is 0 Å². The summed E-state index contributed by atoms with van der Waals surface area (Å²) in [5, 5.41) is 8.85. The van der Waals surface area contributed by atoms with E-state index in [1.807, 2.05) is 4.68 Å². The van der Waals surface area contributed by atoms with Gasteiger partial charge in [-0.05, 0) is 67.7 Å². The monoisotopic (exact) mass is 471 g/mol. The molecule has 3 aliphatic rings. The van der Waals surface area contributed by atoms with Crippen LogP contribution >= 0.6 is 0 Å². The summed E-state index contributed by atoms with van der Waals surface area (Å²) in [5.41, 5.74) is 6.69. The van der Waals surface area contributed by atoms with Gasteiger partial charge >= 0.3 is 0 Å². The van der Waals surface area contributed by atoms with Gasteiger partial charge in [0.05, 0.1) is 18.8 Å². The molecule has 3 saturated heterocycles. The Morgan fingerprint density at radius 1 is 1.03 bits per heavy atom. The zero-order valence-corrected chi connectivity index (χ0v) is 20.9. The van der Waals surface area contributed by atoms with E-state index in [1.54, 1.807) is 0 Å². The van der Waals surface area contributed by atoms with E-state index < -0.39 is 0 Å². The molecule has 184 valence electrons. The Hall–Kier alpha value is -2.70. The summed E-state index contributed by atoms with van der Waals surface area (Å²) < 4.78 is 7.81. The Balaban J connectivity index is 1.04. The normalized spacial score (nSPS) is 22.3. The van der Waals surface area contributed by atoms with Crippen molar-refractivity contribution in [1.29, 1.82) is 0 Å². The van der Waals surface area contributed by atoms with E-state index in [9.17, 15) is 0 Å². The van der Waals surface area contributed by atoms with Crippen LogP contribution in [0.15, 0.2) is 54.7 Å². The first-order chi connectivity index (χ1) is 17.2. The van der Waals surface area contributed by atoms with Gasteiger partial charge in [0.15, 0.2) is 0 Å². The first kappa shape index (κ1) is 22.7. The van der Waals surface area contributed by atoms with Gasteiger partial charge in [-0.2, -0.15) is 0 Å². The summed E-state index contributed by atoms with van der Waals surface area (Å²) in [5.74, 6) is 0. The van der Waals surface area contributed by atoms with Crippen LogP contribution in [0.5, 0.6) is 0 Å². The molecule has 1 unspecified atom stereocenters. The fraction of sp³-hybridized carbons (Fsp3) is 0.517. The van der Waals surface area contributed by atoms with Crippen molar-refractivity contribution in [2.24, 2.45) is 5.41 Å². The molecule has 0 N–H and O–H groups in total. The number of hydrogen-bond acceptors (Lipinski definition) is 5. The number of nitrogens with zero attached hydrogens (tertiary/aromatic N) is 5. The first-order valence-corrected chi connectivity index (χ1v) is 13.3. The van der Waals surface area contributed by atoms with Gasteiger partial charge in [0, 0.05) is 50.6 Å². The molecule has 3 fully saturated rings. The second-order valence-electron chi connectivity index (χ2n) is 10.9. The summed E-state index contributed by atoms with van der Waals surface area (Å²) in [6.07, 6.45) is 8.46. The average Bonchev–Trinajstić information content (AvgIpc) is 3.33. The van der Waals surface area contributed by atoms with Gasteiger partial charge in [-0.15, -0.1) is 5.10 Å².